The summed E-state index contributed by atoms with van der Waals surface area (Å²) < 4.78 is 31.6. The molecule has 7 nitrogen and oxygen atoms in total. The van der Waals surface area contributed by atoms with Crippen LogP contribution in [0, 0.1) is 0 Å². The van der Waals surface area contributed by atoms with E-state index in [-0.39, 0.29) is 18.2 Å². The van der Waals surface area contributed by atoms with Crippen molar-refractivity contribution in [1.82, 2.24) is 4.72 Å². The zero-order valence-corrected chi connectivity index (χ0v) is 18.5. The summed E-state index contributed by atoms with van der Waals surface area (Å²) in [6.45, 7) is 3.68. The number of carbonyl (C=O) groups is 1. The molecule has 8 heteroatoms. The summed E-state index contributed by atoms with van der Waals surface area (Å²) in [7, 11) is -1.84. The molecule has 0 bridgehead atoms. The van der Waals surface area contributed by atoms with Gasteiger partial charge in [0.2, 0.25) is 10.0 Å². The number of hydrogen-bond acceptors (Lipinski definition) is 5. The van der Waals surface area contributed by atoms with E-state index >= 15 is 0 Å². The Morgan fingerprint density at radius 2 is 1.62 bits per heavy atom. The molecule has 3 rings (SSSR count). The van der Waals surface area contributed by atoms with Gasteiger partial charge in [-0.2, -0.15) is 0 Å². The van der Waals surface area contributed by atoms with E-state index < -0.39 is 10.0 Å². The number of carbonyl (C=O) groups excluding carboxylic acids is 1. The zero-order chi connectivity index (χ0) is 23.0. The maximum atomic E-state index is 12.9. The fraction of sp³-hybridized carbons (Fsp3) is 0.125. The molecule has 0 aliphatic carbocycles. The van der Waals surface area contributed by atoms with Crippen molar-refractivity contribution < 1.29 is 17.9 Å². The van der Waals surface area contributed by atoms with Gasteiger partial charge in [0.05, 0.1) is 24.1 Å². The molecule has 3 N–H and O–H groups in total. The Bertz CT molecular complexity index is 1170. The molecule has 3 aromatic carbocycles. The molecule has 0 spiro atoms. The summed E-state index contributed by atoms with van der Waals surface area (Å²) in [5.74, 6) is 0.313. The van der Waals surface area contributed by atoms with Crippen LogP contribution in [0.3, 0.4) is 0 Å². The van der Waals surface area contributed by atoms with Crippen LogP contribution >= 0.6 is 0 Å². The second-order valence-corrected chi connectivity index (χ2v) is 8.75. The number of sulfonamides is 1. The molecule has 0 unspecified atom stereocenters. The van der Waals surface area contributed by atoms with E-state index in [9.17, 15) is 13.2 Å². The second kappa shape index (κ2) is 10.6. The van der Waals surface area contributed by atoms with Crippen LogP contribution in [0.4, 0.5) is 17.1 Å². The minimum absolute atomic E-state index is 0.149. The van der Waals surface area contributed by atoms with Crippen LogP contribution in [-0.2, 0) is 15.8 Å². The minimum atomic E-state index is -3.44. The molecule has 0 atom stereocenters. The molecule has 0 aliphatic heterocycles. The van der Waals surface area contributed by atoms with E-state index in [1.165, 1.54) is 6.08 Å². The molecule has 0 fully saturated rings. The zero-order valence-electron chi connectivity index (χ0n) is 17.7. The van der Waals surface area contributed by atoms with E-state index in [0.717, 1.165) is 11.4 Å². The van der Waals surface area contributed by atoms with Crippen LogP contribution in [0.15, 0.2) is 85.5 Å². The van der Waals surface area contributed by atoms with Gasteiger partial charge in [0, 0.05) is 17.9 Å². The van der Waals surface area contributed by atoms with Crippen LogP contribution in [0.2, 0.25) is 0 Å². The predicted molar refractivity (Wildman–Crippen MR) is 128 cm³/mol. The van der Waals surface area contributed by atoms with E-state index in [1.807, 2.05) is 36.4 Å². The van der Waals surface area contributed by atoms with Gasteiger partial charge in [-0.05, 0) is 54.1 Å². The van der Waals surface area contributed by atoms with E-state index in [0.29, 0.717) is 22.5 Å². The van der Waals surface area contributed by atoms with Crippen molar-refractivity contribution in [3.63, 3.8) is 0 Å². The number of methoxy groups -OCH3 is 1. The van der Waals surface area contributed by atoms with Crippen molar-refractivity contribution in [3.05, 3.63) is 96.6 Å². The van der Waals surface area contributed by atoms with Crippen LogP contribution in [-0.4, -0.2) is 28.0 Å². The monoisotopic (exact) mass is 451 g/mol. The van der Waals surface area contributed by atoms with E-state index in [1.54, 1.807) is 43.5 Å². The Morgan fingerprint density at radius 1 is 0.969 bits per heavy atom. The Morgan fingerprint density at radius 3 is 2.28 bits per heavy atom. The average molecular weight is 452 g/mol. The summed E-state index contributed by atoms with van der Waals surface area (Å²) in [6.07, 6.45) is 1.48. The van der Waals surface area contributed by atoms with E-state index in [4.69, 9.17) is 4.74 Å². The normalized spacial score (nSPS) is 10.9. The van der Waals surface area contributed by atoms with Gasteiger partial charge in [0.15, 0.2) is 0 Å². The third-order valence-electron chi connectivity index (χ3n) is 4.56. The number of anilines is 3. The Labute approximate surface area is 188 Å². The Kier molecular flexibility index (Phi) is 7.64. The molecule has 32 heavy (non-hydrogen) atoms. The van der Waals surface area contributed by atoms with Crippen LogP contribution in [0.25, 0.3) is 0 Å². The highest BCUT2D eigenvalue weighted by Crippen LogP contribution is 2.24. The molecule has 0 aliphatic rings. The number of amides is 1. The quantitative estimate of drug-likeness (QED) is 0.400. The van der Waals surface area contributed by atoms with Gasteiger partial charge >= 0.3 is 0 Å². The molecule has 0 saturated carbocycles. The summed E-state index contributed by atoms with van der Waals surface area (Å²) in [5, 5.41) is 6.09. The summed E-state index contributed by atoms with van der Waals surface area (Å²) in [4.78, 5) is 12.9. The third-order valence-corrected chi connectivity index (χ3v) is 5.88. The lowest BCUT2D eigenvalue weighted by atomic mass is 10.1. The number of ether oxygens (including phenoxy) is 1. The maximum Gasteiger partial charge on any atom is 0.257 e. The van der Waals surface area contributed by atoms with Crippen molar-refractivity contribution in [1.29, 1.82) is 0 Å². The molecule has 0 saturated heterocycles. The number of nitrogens with one attached hydrogen (secondary N) is 3. The Hall–Kier alpha value is -3.62. The highest BCUT2D eigenvalue weighted by Gasteiger charge is 2.13. The topological polar surface area (TPSA) is 96.5 Å². The smallest absolute Gasteiger partial charge is 0.257 e. The first-order chi connectivity index (χ1) is 15.4. The van der Waals surface area contributed by atoms with Crippen molar-refractivity contribution in [2.75, 3.05) is 24.3 Å². The maximum absolute atomic E-state index is 12.9. The number of hydrogen-bond donors (Lipinski definition) is 3. The van der Waals surface area contributed by atoms with E-state index in [2.05, 4.69) is 21.9 Å². The molecular weight excluding hydrogens is 426 g/mol. The standard InChI is InChI=1S/C24H25N3O4S/c1-3-16-25-32(29,30)17-18-8-10-20(11-9-18)27-24(28)22-6-4-5-7-23(22)26-19-12-14-21(31-2)15-13-19/h3-15,25-26H,1,16-17H2,2H3,(H,27,28). The molecule has 3 aromatic rings. The fourth-order valence-electron chi connectivity index (χ4n) is 2.96. The molecular formula is C24H25N3O4S. The summed E-state index contributed by atoms with van der Waals surface area (Å²) in [6, 6.07) is 21.3. The van der Waals surface area contributed by atoms with Gasteiger partial charge in [0.1, 0.15) is 5.75 Å². The van der Waals surface area contributed by atoms with Gasteiger partial charge in [-0.1, -0.05) is 30.3 Å². The first-order valence-electron chi connectivity index (χ1n) is 9.89. The van der Waals surface area contributed by atoms with Crippen molar-refractivity contribution in [2.24, 2.45) is 0 Å². The first kappa shape index (κ1) is 23.1. The van der Waals surface area contributed by atoms with Crippen molar-refractivity contribution in [3.8, 4) is 5.75 Å². The average Bonchev–Trinajstić information content (AvgIpc) is 2.80. The SMILES string of the molecule is C=CCNS(=O)(=O)Cc1ccc(NC(=O)c2ccccc2Nc2ccc(OC)cc2)cc1. The van der Waals surface area contributed by atoms with Crippen molar-refractivity contribution in [2.45, 2.75) is 5.75 Å². The van der Waals surface area contributed by atoms with Gasteiger partial charge in [-0.15, -0.1) is 6.58 Å². The molecule has 0 aromatic heterocycles. The Balaban J connectivity index is 1.68. The van der Waals surface area contributed by atoms with Crippen molar-refractivity contribution >= 4 is 33.0 Å². The predicted octanol–water partition coefficient (Wildman–Crippen LogP) is 4.30. The highest BCUT2D eigenvalue weighted by molar-refractivity contribution is 7.88. The minimum Gasteiger partial charge on any atom is -0.497 e. The van der Waals surface area contributed by atoms with Crippen LogP contribution in [0.5, 0.6) is 5.75 Å². The second-order valence-electron chi connectivity index (χ2n) is 6.95. The lowest BCUT2D eigenvalue weighted by Gasteiger charge is -2.13. The third kappa shape index (κ3) is 6.44. The fourth-order valence-corrected chi connectivity index (χ4v) is 4.06. The molecule has 166 valence electrons. The molecule has 0 heterocycles. The van der Waals surface area contributed by atoms with Gasteiger partial charge in [0.25, 0.3) is 5.91 Å². The highest BCUT2D eigenvalue weighted by atomic mass is 32.2. The molecule has 0 radical (unpaired) electrons. The van der Waals surface area contributed by atoms with Gasteiger partial charge < -0.3 is 15.4 Å². The summed E-state index contributed by atoms with van der Waals surface area (Å²) >= 11 is 0. The van der Waals surface area contributed by atoms with Gasteiger partial charge in [-0.3, -0.25) is 4.79 Å². The summed E-state index contributed by atoms with van der Waals surface area (Å²) in [5.41, 5.74) is 3.13. The number of benzene rings is 3. The van der Waals surface area contributed by atoms with Gasteiger partial charge in [-0.25, -0.2) is 13.1 Å². The largest absolute Gasteiger partial charge is 0.497 e. The van der Waals surface area contributed by atoms with Crippen LogP contribution in [0.1, 0.15) is 15.9 Å². The number of rotatable bonds is 10. The lowest BCUT2D eigenvalue weighted by Crippen LogP contribution is -2.25. The number of para-hydroxylation sites is 1. The molecule has 1 amide bonds. The lowest BCUT2D eigenvalue weighted by molar-refractivity contribution is 0.102. The van der Waals surface area contributed by atoms with Crippen LogP contribution < -0.4 is 20.1 Å². The first-order valence-corrected chi connectivity index (χ1v) is 11.5.